The van der Waals surface area contributed by atoms with Crippen LogP contribution < -0.4 is 0 Å². The van der Waals surface area contributed by atoms with Crippen molar-refractivity contribution in [3.63, 3.8) is 0 Å². The summed E-state index contributed by atoms with van der Waals surface area (Å²) >= 11 is 6.17. The predicted octanol–water partition coefficient (Wildman–Crippen LogP) is 4.12. The van der Waals surface area contributed by atoms with Crippen LogP contribution in [0.25, 0.3) is 0 Å². The van der Waals surface area contributed by atoms with E-state index < -0.39 is 17.0 Å². The number of alkyl halides is 1. The number of benzene rings is 1. The highest BCUT2D eigenvalue weighted by Gasteiger charge is 2.23. The summed E-state index contributed by atoms with van der Waals surface area (Å²) in [6.07, 6.45) is 2.66. The van der Waals surface area contributed by atoms with Crippen molar-refractivity contribution < 1.29 is 13.5 Å². The maximum absolute atomic E-state index is 13.6. The van der Waals surface area contributed by atoms with Gasteiger partial charge in [0.2, 0.25) is 0 Å². The van der Waals surface area contributed by atoms with Gasteiger partial charge in [-0.15, -0.1) is 11.6 Å². The van der Waals surface area contributed by atoms with E-state index in [-0.39, 0.29) is 6.10 Å². The lowest BCUT2D eigenvalue weighted by atomic mass is 10.0. The molecule has 4 heteroatoms. The van der Waals surface area contributed by atoms with Gasteiger partial charge in [-0.05, 0) is 37.8 Å². The molecule has 2 atom stereocenters. The van der Waals surface area contributed by atoms with Gasteiger partial charge in [0.15, 0.2) is 0 Å². The average Bonchev–Trinajstić information content (AvgIpc) is 2.76. The smallest absolute Gasteiger partial charge is 0.130 e. The molecule has 17 heavy (non-hydrogen) atoms. The first-order chi connectivity index (χ1) is 8.08. The predicted molar refractivity (Wildman–Crippen MR) is 63.3 cm³/mol. The van der Waals surface area contributed by atoms with Crippen LogP contribution in [0.15, 0.2) is 12.1 Å². The van der Waals surface area contributed by atoms with Gasteiger partial charge in [-0.25, -0.2) is 8.78 Å². The third kappa shape index (κ3) is 2.96. The summed E-state index contributed by atoms with van der Waals surface area (Å²) in [7, 11) is 0. The lowest BCUT2D eigenvalue weighted by Gasteiger charge is -2.16. The van der Waals surface area contributed by atoms with Crippen molar-refractivity contribution in [1.29, 1.82) is 0 Å². The summed E-state index contributed by atoms with van der Waals surface area (Å²) < 4.78 is 32.2. The van der Waals surface area contributed by atoms with Crippen molar-refractivity contribution in [1.82, 2.24) is 0 Å². The van der Waals surface area contributed by atoms with E-state index in [1.165, 1.54) is 6.07 Å². The topological polar surface area (TPSA) is 9.23 Å². The molecule has 0 saturated carbocycles. The van der Waals surface area contributed by atoms with E-state index in [0.29, 0.717) is 17.5 Å². The van der Waals surface area contributed by atoms with Crippen LogP contribution in [0, 0.1) is 18.6 Å². The minimum Gasteiger partial charge on any atom is -0.378 e. The highest BCUT2D eigenvalue weighted by molar-refractivity contribution is 6.20. The van der Waals surface area contributed by atoms with Crippen molar-refractivity contribution in [2.45, 2.75) is 37.7 Å². The zero-order valence-corrected chi connectivity index (χ0v) is 10.4. The van der Waals surface area contributed by atoms with Crippen LogP contribution >= 0.6 is 11.6 Å². The number of aryl methyl sites for hydroxylation is 1. The van der Waals surface area contributed by atoms with E-state index in [1.807, 2.05) is 0 Å². The third-order valence-corrected chi connectivity index (χ3v) is 3.52. The number of ether oxygens (including phenoxy) is 1. The molecule has 1 fully saturated rings. The maximum atomic E-state index is 13.6. The molecular formula is C13H15ClF2O. The second kappa shape index (κ2) is 5.32. The van der Waals surface area contributed by atoms with Crippen LogP contribution in [0.4, 0.5) is 8.78 Å². The van der Waals surface area contributed by atoms with E-state index in [4.69, 9.17) is 16.3 Å². The zero-order valence-electron chi connectivity index (χ0n) is 9.68. The number of hydrogen-bond donors (Lipinski definition) is 0. The minimum absolute atomic E-state index is 0.0993. The largest absolute Gasteiger partial charge is 0.378 e. The second-order valence-electron chi connectivity index (χ2n) is 4.46. The summed E-state index contributed by atoms with van der Waals surface area (Å²) in [6, 6.07) is 2.38. The lowest BCUT2D eigenvalue weighted by molar-refractivity contribution is 0.103. The van der Waals surface area contributed by atoms with E-state index in [1.54, 1.807) is 6.92 Å². The van der Waals surface area contributed by atoms with Crippen LogP contribution in [0.5, 0.6) is 0 Å². The molecule has 0 N–H and O–H groups in total. The van der Waals surface area contributed by atoms with Crippen molar-refractivity contribution >= 4 is 11.6 Å². The average molecular weight is 261 g/mol. The fraction of sp³-hybridized carbons (Fsp3) is 0.538. The van der Waals surface area contributed by atoms with Gasteiger partial charge in [0.25, 0.3) is 0 Å². The molecule has 1 saturated heterocycles. The molecule has 0 spiro atoms. The van der Waals surface area contributed by atoms with Crippen LogP contribution in [0.3, 0.4) is 0 Å². The Morgan fingerprint density at radius 1 is 1.41 bits per heavy atom. The lowest BCUT2D eigenvalue weighted by Crippen LogP contribution is -2.09. The van der Waals surface area contributed by atoms with E-state index in [9.17, 15) is 8.78 Å². The third-order valence-electron chi connectivity index (χ3n) is 3.11. The monoisotopic (exact) mass is 260 g/mol. The van der Waals surface area contributed by atoms with E-state index >= 15 is 0 Å². The Balaban J connectivity index is 2.12. The molecule has 94 valence electrons. The van der Waals surface area contributed by atoms with Crippen LogP contribution in [-0.4, -0.2) is 12.7 Å². The molecular weight excluding hydrogens is 246 g/mol. The Labute approximate surface area is 105 Å². The highest BCUT2D eigenvalue weighted by atomic mass is 35.5. The summed E-state index contributed by atoms with van der Waals surface area (Å²) in [5, 5.41) is -0.461. The highest BCUT2D eigenvalue weighted by Crippen LogP contribution is 2.32. The fourth-order valence-electron chi connectivity index (χ4n) is 2.11. The standard InChI is InChI=1S/C13H15ClF2O/c1-8-5-10(13(16)7-12(8)15)11(14)6-9-3-2-4-17-9/h5,7,9,11H,2-4,6H2,1H3. The van der Waals surface area contributed by atoms with Gasteiger partial charge in [-0.2, -0.15) is 0 Å². The second-order valence-corrected chi connectivity index (χ2v) is 4.99. The molecule has 2 unspecified atom stereocenters. The van der Waals surface area contributed by atoms with Gasteiger partial charge < -0.3 is 4.74 Å². The normalized spacial score (nSPS) is 21.8. The molecule has 1 aromatic rings. The molecule has 0 bridgehead atoms. The Bertz CT molecular complexity index is 403. The van der Waals surface area contributed by atoms with Gasteiger partial charge >= 0.3 is 0 Å². The molecule has 1 aliphatic heterocycles. The van der Waals surface area contributed by atoms with E-state index in [0.717, 1.165) is 25.5 Å². The molecule has 1 aliphatic rings. The van der Waals surface area contributed by atoms with Crippen molar-refractivity contribution in [2.75, 3.05) is 6.61 Å². The van der Waals surface area contributed by atoms with Crippen LogP contribution in [-0.2, 0) is 4.74 Å². The first-order valence-corrected chi connectivity index (χ1v) is 6.23. The Morgan fingerprint density at radius 2 is 2.18 bits per heavy atom. The molecule has 1 heterocycles. The quantitative estimate of drug-likeness (QED) is 0.743. The first kappa shape index (κ1) is 12.8. The van der Waals surface area contributed by atoms with Crippen molar-refractivity contribution in [3.05, 3.63) is 34.9 Å². The molecule has 1 aromatic carbocycles. The Morgan fingerprint density at radius 3 is 2.82 bits per heavy atom. The molecule has 2 rings (SSSR count). The van der Waals surface area contributed by atoms with Gasteiger partial charge in [0.1, 0.15) is 11.6 Å². The molecule has 0 aliphatic carbocycles. The van der Waals surface area contributed by atoms with Crippen molar-refractivity contribution in [3.8, 4) is 0 Å². The molecule has 1 nitrogen and oxygen atoms in total. The molecule has 0 amide bonds. The fourth-order valence-corrected chi connectivity index (χ4v) is 2.47. The molecule has 0 radical (unpaired) electrons. The van der Waals surface area contributed by atoms with Gasteiger partial charge in [-0.1, -0.05) is 0 Å². The summed E-state index contributed by atoms with van der Waals surface area (Å²) in [5.41, 5.74) is 0.778. The SMILES string of the molecule is Cc1cc(C(Cl)CC2CCCO2)c(F)cc1F. The Kier molecular flexibility index (Phi) is 4.00. The first-order valence-electron chi connectivity index (χ1n) is 5.79. The summed E-state index contributed by atoms with van der Waals surface area (Å²) in [5.74, 6) is -1.11. The zero-order chi connectivity index (χ0) is 12.4. The minimum atomic E-state index is -0.578. The van der Waals surface area contributed by atoms with Gasteiger partial charge in [0, 0.05) is 18.2 Å². The van der Waals surface area contributed by atoms with Crippen molar-refractivity contribution in [2.24, 2.45) is 0 Å². The maximum Gasteiger partial charge on any atom is 0.130 e. The number of hydrogen-bond acceptors (Lipinski definition) is 1. The van der Waals surface area contributed by atoms with Gasteiger partial charge in [-0.3, -0.25) is 0 Å². The van der Waals surface area contributed by atoms with E-state index in [2.05, 4.69) is 0 Å². The van der Waals surface area contributed by atoms with Crippen LogP contribution in [0.2, 0.25) is 0 Å². The number of rotatable bonds is 3. The Hall–Kier alpha value is -0.670. The molecule has 0 aromatic heterocycles. The van der Waals surface area contributed by atoms with Gasteiger partial charge in [0.05, 0.1) is 11.5 Å². The summed E-state index contributed by atoms with van der Waals surface area (Å²) in [4.78, 5) is 0. The number of halogens is 3. The van der Waals surface area contributed by atoms with Crippen LogP contribution in [0.1, 0.15) is 35.8 Å². The summed E-state index contributed by atoms with van der Waals surface area (Å²) in [6.45, 7) is 2.35.